The first kappa shape index (κ1) is 20.0. The van der Waals surface area contributed by atoms with Gasteiger partial charge in [-0.3, -0.25) is 9.36 Å². The van der Waals surface area contributed by atoms with E-state index in [1.807, 2.05) is 11.4 Å². The summed E-state index contributed by atoms with van der Waals surface area (Å²) < 4.78 is 7.71. The van der Waals surface area contributed by atoms with Crippen molar-refractivity contribution < 1.29 is 19.7 Å². The smallest absolute Gasteiger partial charge is 0.252 e. The van der Waals surface area contributed by atoms with Crippen molar-refractivity contribution in [3.8, 4) is 11.4 Å². The molecule has 0 saturated carbocycles. The molecule has 3 aromatic rings. The molecule has 0 radical (unpaired) electrons. The van der Waals surface area contributed by atoms with Gasteiger partial charge in [-0.25, -0.2) is 15.0 Å². The number of carbonyl (C=O) groups excluding carboxylic acids is 1. The fourth-order valence-corrected chi connectivity index (χ4v) is 4.14. The maximum atomic E-state index is 12.1. The number of nitrogens with zero attached hydrogens (tertiary/aromatic N) is 4. The number of nitrogens with one attached hydrogen (secondary N) is 2. The average Bonchev–Trinajstić information content (AvgIpc) is 3.40. The van der Waals surface area contributed by atoms with Gasteiger partial charge in [0.2, 0.25) is 0 Å². The first-order chi connectivity index (χ1) is 14.0. The minimum absolute atomic E-state index is 0.370. The Morgan fingerprint density at radius 2 is 2.17 bits per heavy atom. The Kier molecular flexibility index (Phi) is 5.40. The van der Waals surface area contributed by atoms with Crippen molar-refractivity contribution in [1.29, 1.82) is 0 Å². The number of amides is 1. The van der Waals surface area contributed by atoms with Crippen LogP contribution in [0.25, 0.3) is 22.6 Å². The van der Waals surface area contributed by atoms with Crippen LogP contribution in [0.15, 0.2) is 17.8 Å². The molecule has 1 aliphatic heterocycles. The van der Waals surface area contributed by atoms with Gasteiger partial charge in [0.15, 0.2) is 35.1 Å². The maximum absolute atomic E-state index is 12.1. The lowest BCUT2D eigenvalue weighted by molar-refractivity contribution is -0.137. The molecule has 0 aromatic carbocycles. The SMILES string of the molecule is CCNC(=O)[C@@H]1OC(n2cnc3c(NC)nc(-c4ccsc4Cl)nc32)C(O)C1O. The van der Waals surface area contributed by atoms with Crippen molar-refractivity contribution in [2.75, 3.05) is 18.9 Å². The van der Waals surface area contributed by atoms with Gasteiger partial charge in [-0.2, -0.15) is 0 Å². The highest BCUT2D eigenvalue weighted by molar-refractivity contribution is 7.15. The van der Waals surface area contributed by atoms with Crippen LogP contribution in [-0.2, 0) is 9.53 Å². The number of hydrogen-bond acceptors (Lipinski definition) is 9. The lowest BCUT2D eigenvalue weighted by Crippen LogP contribution is -2.42. The first-order valence-electron chi connectivity index (χ1n) is 8.91. The predicted molar refractivity (Wildman–Crippen MR) is 108 cm³/mol. The lowest BCUT2D eigenvalue weighted by Gasteiger charge is -2.17. The van der Waals surface area contributed by atoms with Crippen LogP contribution < -0.4 is 10.6 Å². The Hall–Kier alpha value is -2.31. The molecule has 1 fully saturated rings. The number of ether oxygens (including phenoxy) is 1. The molecule has 1 amide bonds. The summed E-state index contributed by atoms with van der Waals surface area (Å²) in [6.45, 7) is 2.13. The molecule has 3 unspecified atom stereocenters. The Labute approximate surface area is 174 Å². The number of anilines is 1. The topological polar surface area (TPSA) is 134 Å². The molecule has 0 bridgehead atoms. The van der Waals surface area contributed by atoms with Crippen LogP contribution >= 0.6 is 22.9 Å². The van der Waals surface area contributed by atoms with Gasteiger partial charge in [0.1, 0.15) is 16.5 Å². The standard InChI is InChI=1S/C17H19ClN6O4S/c1-3-20-16(27)11-9(25)10(26)17(28-11)24-6-21-8-14(19-2)22-13(23-15(8)24)7-4-5-29-12(7)18/h4-6,9-11,17,25-26H,3H2,1-2H3,(H,20,27)(H,19,22,23)/t9?,10?,11-,17?/m1/s1. The second-order valence-corrected chi connectivity index (χ2v) is 7.92. The van der Waals surface area contributed by atoms with Crippen LogP contribution in [0.4, 0.5) is 5.82 Å². The van der Waals surface area contributed by atoms with Gasteiger partial charge in [0.25, 0.3) is 5.91 Å². The highest BCUT2D eigenvalue weighted by Crippen LogP contribution is 2.35. The van der Waals surface area contributed by atoms with E-state index >= 15 is 0 Å². The van der Waals surface area contributed by atoms with Crippen molar-refractivity contribution in [3.05, 3.63) is 22.1 Å². The third-order valence-corrected chi connectivity index (χ3v) is 5.81. The van der Waals surface area contributed by atoms with E-state index in [-0.39, 0.29) is 0 Å². The van der Waals surface area contributed by atoms with E-state index in [1.165, 1.54) is 22.2 Å². The molecule has 4 N–H and O–H groups in total. The number of fused-ring (bicyclic) bond motifs is 1. The van der Waals surface area contributed by atoms with Crippen LogP contribution in [0.5, 0.6) is 0 Å². The molecule has 12 heteroatoms. The summed E-state index contributed by atoms with van der Waals surface area (Å²) in [5.74, 6) is 0.352. The van der Waals surface area contributed by atoms with Gasteiger partial charge < -0.3 is 25.6 Å². The molecule has 0 aliphatic carbocycles. The van der Waals surface area contributed by atoms with Gasteiger partial charge in [0, 0.05) is 19.2 Å². The lowest BCUT2D eigenvalue weighted by atomic mass is 10.1. The molecule has 1 saturated heterocycles. The fourth-order valence-electron chi connectivity index (χ4n) is 3.23. The van der Waals surface area contributed by atoms with Crippen molar-refractivity contribution in [3.63, 3.8) is 0 Å². The van der Waals surface area contributed by atoms with Gasteiger partial charge in [-0.05, 0) is 18.4 Å². The number of aliphatic hydroxyl groups excluding tert-OH is 2. The van der Waals surface area contributed by atoms with E-state index in [4.69, 9.17) is 16.3 Å². The summed E-state index contributed by atoms with van der Waals surface area (Å²) in [5.41, 5.74) is 1.49. The molecule has 29 heavy (non-hydrogen) atoms. The van der Waals surface area contributed by atoms with Crippen LogP contribution in [0.1, 0.15) is 13.2 Å². The van der Waals surface area contributed by atoms with Crippen LogP contribution in [0.3, 0.4) is 0 Å². The molecule has 4 rings (SSSR count). The summed E-state index contributed by atoms with van der Waals surface area (Å²) >= 11 is 7.60. The van der Waals surface area contributed by atoms with E-state index in [1.54, 1.807) is 14.0 Å². The van der Waals surface area contributed by atoms with Crippen molar-refractivity contribution in [2.45, 2.75) is 31.5 Å². The fraction of sp³-hybridized carbons (Fsp3) is 0.412. The molecule has 4 atom stereocenters. The van der Waals surface area contributed by atoms with Crippen molar-refractivity contribution >= 4 is 45.8 Å². The van der Waals surface area contributed by atoms with Crippen LogP contribution in [-0.4, -0.2) is 67.5 Å². The van der Waals surface area contributed by atoms with Crippen LogP contribution in [0, 0.1) is 0 Å². The summed E-state index contributed by atoms with van der Waals surface area (Å²) in [6, 6.07) is 1.81. The number of aliphatic hydroxyl groups is 2. The van der Waals surface area contributed by atoms with Gasteiger partial charge in [-0.15, -0.1) is 11.3 Å². The summed E-state index contributed by atoms with van der Waals surface area (Å²) in [6.07, 6.45) is -3.56. The first-order valence-corrected chi connectivity index (χ1v) is 10.2. The molecular formula is C17H19ClN6O4S. The Morgan fingerprint density at radius 3 is 2.83 bits per heavy atom. The summed E-state index contributed by atoms with van der Waals surface area (Å²) in [7, 11) is 1.70. The molecule has 10 nitrogen and oxygen atoms in total. The number of likely N-dealkylation sites (N-methyl/N-ethyl adjacent to an activating group) is 1. The molecule has 0 spiro atoms. The molecular weight excluding hydrogens is 420 g/mol. The molecule has 4 heterocycles. The third-order valence-electron chi connectivity index (χ3n) is 4.64. The second-order valence-electron chi connectivity index (χ2n) is 6.40. The number of hydrogen-bond donors (Lipinski definition) is 4. The van der Waals surface area contributed by atoms with Gasteiger partial charge >= 0.3 is 0 Å². The van der Waals surface area contributed by atoms with E-state index in [9.17, 15) is 15.0 Å². The highest BCUT2D eigenvalue weighted by Gasteiger charge is 2.47. The van der Waals surface area contributed by atoms with Crippen LogP contribution in [0.2, 0.25) is 4.34 Å². The van der Waals surface area contributed by atoms with E-state index in [2.05, 4.69) is 25.6 Å². The monoisotopic (exact) mass is 438 g/mol. The van der Waals surface area contributed by atoms with E-state index in [0.717, 1.165) is 0 Å². The Balaban J connectivity index is 1.78. The Morgan fingerprint density at radius 1 is 1.38 bits per heavy atom. The van der Waals surface area contributed by atoms with Crippen molar-refractivity contribution in [2.24, 2.45) is 0 Å². The molecule has 154 valence electrons. The average molecular weight is 439 g/mol. The van der Waals surface area contributed by atoms with Gasteiger partial charge in [0.05, 0.1) is 6.33 Å². The second kappa shape index (κ2) is 7.84. The highest BCUT2D eigenvalue weighted by atomic mass is 35.5. The van der Waals surface area contributed by atoms with E-state index < -0.39 is 30.4 Å². The summed E-state index contributed by atoms with van der Waals surface area (Å²) in [4.78, 5) is 25.5. The normalized spacial score (nSPS) is 24.2. The third kappa shape index (κ3) is 3.34. The minimum atomic E-state index is -1.39. The number of carbonyl (C=O) groups is 1. The molecule has 3 aromatic heterocycles. The van der Waals surface area contributed by atoms with E-state index in [0.29, 0.717) is 39.3 Å². The number of halogens is 1. The number of thiophene rings is 1. The van der Waals surface area contributed by atoms with Crippen molar-refractivity contribution in [1.82, 2.24) is 24.8 Å². The maximum Gasteiger partial charge on any atom is 0.252 e. The minimum Gasteiger partial charge on any atom is -0.387 e. The zero-order valence-electron chi connectivity index (χ0n) is 15.5. The van der Waals surface area contributed by atoms with Gasteiger partial charge in [-0.1, -0.05) is 11.6 Å². The quantitative estimate of drug-likeness (QED) is 0.463. The zero-order chi connectivity index (χ0) is 20.7. The largest absolute Gasteiger partial charge is 0.387 e. The predicted octanol–water partition coefficient (Wildman–Crippen LogP) is 1.01. The summed E-state index contributed by atoms with van der Waals surface area (Å²) in [5, 5.41) is 28.2. The molecule has 1 aliphatic rings. The number of aromatic nitrogens is 4. The zero-order valence-corrected chi connectivity index (χ0v) is 17.1. The number of imidazole rings is 1. The number of rotatable bonds is 5. The Bertz CT molecular complexity index is 1060.